The summed E-state index contributed by atoms with van der Waals surface area (Å²) in [4.78, 5) is 31.2. The van der Waals surface area contributed by atoms with Crippen LogP contribution in [-0.4, -0.2) is 34.8 Å². The molecule has 1 saturated heterocycles. The van der Waals surface area contributed by atoms with E-state index in [0.29, 0.717) is 37.2 Å². The minimum Gasteiger partial charge on any atom is -0.370 e. The second-order valence-corrected chi connectivity index (χ2v) is 7.84. The lowest BCUT2D eigenvalue weighted by molar-refractivity contribution is -0.118. The average molecular weight is 405 g/mol. The molecule has 154 valence electrons. The van der Waals surface area contributed by atoms with Crippen molar-refractivity contribution in [3.05, 3.63) is 66.0 Å². The molecular formula is C24H24FN3O2. The highest BCUT2D eigenvalue weighted by Gasteiger charge is 2.26. The first-order valence-electron chi connectivity index (χ1n) is 10.2. The van der Waals surface area contributed by atoms with Crippen molar-refractivity contribution < 1.29 is 14.0 Å². The Morgan fingerprint density at radius 2 is 1.90 bits per heavy atom. The van der Waals surface area contributed by atoms with Crippen molar-refractivity contribution in [1.82, 2.24) is 9.88 Å². The van der Waals surface area contributed by atoms with Crippen LogP contribution in [0.4, 0.5) is 4.39 Å². The van der Waals surface area contributed by atoms with E-state index < -0.39 is 0 Å². The Morgan fingerprint density at radius 1 is 1.13 bits per heavy atom. The largest absolute Gasteiger partial charge is 0.370 e. The lowest BCUT2D eigenvalue weighted by Gasteiger charge is -2.33. The molecule has 2 amide bonds. The number of carbonyl (C=O) groups excluding carboxylic acids is 2. The van der Waals surface area contributed by atoms with Gasteiger partial charge in [0.25, 0.3) is 5.91 Å². The third-order valence-electron chi connectivity index (χ3n) is 5.69. The van der Waals surface area contributed by atoms with Crippen LogP contribution >= 0.6 is 0 Å². The topological polar surface area (TPSA) is 76.3 Å². The number of piperidine rings is 1. The van der Waals surface area contributed by atoms with Crippen molar-refractivity contribution in [1.29, 1.82) is 0 Å². The molecule has 1 aliphatic rings. The molecule has 6 heteroatoms. The van der Waals surface area contributed by atoms with Crippen LogP contribution in [0.5, 0.6) is 0 Å². The molecule has 1 fully saturated rings. The predicted molar refractivity (Wildman–Crippen MR) is 114 cm³/mol. The minimum atomic E-state index is -0.314. The Labute approximate surface area is 174 Å². The van der Waals surface area contributed by atoms with Crippen LogP contribution in [0, 0.1) is 11.7 Å². The molecule has 0 saturated carbocycles. The van der Waals surface area contributed by atoms with E-state index in [0.717, 1.165) is 29.3 Å². The van der Waals surface area contributed by atoms with Gasteiger partial charge in [0.1, 0.15) is 5.82 Å². The van der Waals surface area contributed by atoms with Crippen LogP contribution in [0.3, 0.4) is 0 Å². The maximum atomic E-state index is 13.5. The van der Waals surface area contributed by atoms with Crippen LogP contribution in [0.2, 0.25) is 0 Å². The van der Waals surface area contributed by atoms with Crippen LogP contribution < -0.4 is 5.73 Å². The number of para-hydroxylation sites is 1. The number of aromatic nitrogens is 1. The van der Waals surface area contributed by atoms with Crippen molar-refractivity contribution in [3.8, 4) is 11.3 Å². The third-order valence-corrected chi connectivity index (χ3v) is 5.69. The molecule has 1 aliphatic heterocycles. The number of pyridine rings is 1. The molecule has 1 unspecified atom stereocenters. The SMILES string of the molecule is NC(=O)CCC1CCCN(C(=O)c2cc(-c3ccc(F)cc3)nc3ccccc23)C1. The van der Waals surface area contributed by atoms with Crippen molar-refractivity contribution in [3.63, 3.8) is 0 Å². The first-order chi connectivity index (χ1) is 14.5. The molecule has 2 aromatic carbocycles. The summed E-state index contributed by atoms with van der Waals surface area (Å²) < 4.78 is 13.3. The van der Waals surface area contributed by atoms with E-state index in [-0.39, 0.29) is 23.5 Å². The molecule has 2 heterocycles. The summed E-state index contributed by atoms with van der Waals surface area (Å²) >= 11 is 0. The van der Waals surface area contributed by atoms with Gasteiger partial charge in [-0.3, -0.25) is 9.59 Å². The highest BCUT2D eigenvalue weighted by atomic mass is 19.1. The van der Waals surface area contributed by atoms with Gasteiger partial charge >= 0.3 is 0 Å². The maximum Gasteiger partial charge on any atom is 0.254 e. The number of halogens is 1. The first-order valence-corrected chi connectivity index (χ1v) is 10.2. The fourth-order valence-electron chi connectivity index (χ4n) is 4.12. The van der Waals surface area contributed by atoms with E-state index in [4.69, 9.17) is 5.73 Å². The molecule has 4 rings (SSSR count). The van der Waals surface area contributed by atoms with Crippen molar-refractivity contribution in [2.45, 2.75) is 25.7 Å². The second kappa shape index (κ2) is 8.61. The number of likely N-dealkylation sites (tertiary alicyclic amines) is 1. The fraction of sp³-hybridized carbons (Fsp3) is 0.292. The van der Waals surface area contributed by atoms with Crippen LogP contribution in [0.15, 0.2) is 54.6 Å². The number of rotatable bonds is 5. The van der Waals surface area contributed by atoms with Crippen molar-refractivity contribution in [2.75, 3.05) is 13.1 Å². The number of nitrogens with zero attached hydrogens (tertiary/aromatic N) is 2. The van der Waals surface area contributed by atoms with Crippen LogP contribution in [-0.2, 0) is 4.79 Å². The minimum absolute atomic E-state index is 0.0410. The lowest BCUT2D eigenvalue weighted by Crippen LogP contribution is -2.40. The number of carbonyl (C=O) groups is 2. The Bertz CT molecular complexity index is 1080. The molecule has 0 bridgehead atoms. The average Bonchev–Trinajstić information content (AvgIpc) is 2.77. The van der Waals surface area contributed by atoms with Gasteiger partial charge in [-0.15, -0.1) is 0 Å². The molecule has 1 aromatic heterocycles. The van der Waals surface area contributed by atoms with E-state index in [1.807, 2.05) is 29.2 Å². The Morgan fingerprint density at radius 3 is 2.67 bits per heavy atom. The highest BCUT2D eigenvalue weighted by Crippen LogP contribution is 2.28. The summed E-state index contributed by atoms with van der Waals surface area (Å²) in [5.74, 6) is -0.380. The maximum absolute atomic E-state index is 13.5. The van der Waals surface area contributed by atoms with Crippen LogP contribution in [0.1, 0.15) is 36.0 Å². The van der Waals surface area contributed by atoms with Gasteiger partial charge in [0.15, 0.2) is 0 Å². The normalized spacial score (nSPS) is 16.6. The van der Waals surface area contributed by atoms with Crippen LogP contribution in [0.25, 0.3) is 22.2 Å². The first kappa shape index (κ1) is 20.0. The summed E-state index contributed by atoms with van der Waals surface area (Å²) in [5.41, 5.74) is 8.01. The molecule has 30 heavy (non-hydrogen) atoms. The Hall–Kier alpha value is -3.28. The predicted octanol–water partition coefficient (Wildman–Crippen LogP) is 4.16. The molecular weight excluding hydrogens is 381 g/mol. The molecule has 0 spiro atoms. The summed E-state index contributed by atoms with van der Waals surface area (Å²) in [5, 5.41) is 0.799. The lowest BCUT2D eigenvalue weighted by atomic mass is 9.92. The summed E-state index contributed by atoms with van der Waals surface area (Å²) in [6.07, 6.45) is 2.95. The number of hydrogen-bond acceptors (Lipinski definition) is 3. The van der Waals surface area contributed by atoms with E-state index in [9.17, 15) is 14.0 Å². The smallest absolute Gasteiger partial charge is 0.254 e. The van der Waals surface area contributed by atoms with Gasteiger partial charge in [-0.2, -0.15) is 0 Å². The summed E-state index contributed by atoms with van der Waals surface area (Å²) in [7, 11) is 0. The van der Waals surface area contributed by atoms with E-state index in [1.165, 1.54) is 12.1 Å². The Balaban J connectivity index is 1.67. The summed E-state index contributed by atoms with van der Waals surface area (Å²) in [6, 6.07) is 15.5. The van der Waals surface area contributed by atoms with Gasteiger partial charge in [-0.25, -0.2) is 9.37 Å². The summed E-state index contributed by atoms with van der Waals surface area (Å²) in [6.45, 7) is 1.31. The molecule has 0 aliphatic carbocycles. The van der Waals surface area contributed by atoms with E-state index in [1.54, 1.807) is 18.2 Å². The number of primary amides is 1. The van der Waals surface area contributed by atoms with Gasteiger partial charge in [0.05, 0.1) is 16.8 Å². The number of nitrogens with two attached hydrogens (primary N) is 1. The van der Waals surface area contributed by atoms with Gasteiger partial charge in [0, 0.05) is 30.5 Å². The van der Waals surface area contributed by atoms with E-state index in [2.05, 4.69) is 4.98 Å². The van der Waals surface area contributed by atoms with Crippen molar-refractivity contribution >= 4 is 22.7 Å². The van der Waals surface area contributed by atoms with E-state index >= 15 is 0 Å². The molecule has 1 atom stereocenters. The molecule has 3 aromatic rings. The number of benzene rings is 2. The molecule has 0 radical (unpaired) electrons. The third kappa shape index (κ3) is 4.32. The van der Waals surface area contributed by atoms with Gasteiger partial charge in [-0.1, -0.05) is 18.2 Å². The fourth-order valence-corrected chi connectivity index (χ4v) is 4.12. The number of hydrogen-bond donors (Lipinski definition) is 1. The van der Waals surface area contributed by atoms with Gasteiger partial charge in [0.2, 0.25) is 5.91 Å². The van der Waals surface area contributed by atoms with Crippen molar-refractivity contribution in [2.24, 2.45) is 11.7 Å². The zero-order valence-electron chi connectivity index (χ0n) is 16.7. The highest BCUT2D eigenvalue weighted by molar-refractivity contribution is 6.07. The number of amides is 2. The van der Waals surface area contributed by atoms with Gasteiger partial charge < -0.3 is 10.6 Å². The second-order valence-electron chi connectivity index (χ2n) is 7.84. The zero-order valence-corrected chi connectivity index (χ0v) is 16.7. The van der Waals surface area contributed by atoms with Gasteiger partial charge in [-0.05, 0) is 61.6 Å². The zero-order chi connectivity index (χ0) is 21.1. The monoisotopic (exact) mass is 405 g/mol. The quantitative estimate of drug-likeness (QED) is 0.693. The number of fused-ring (bicyclic) bond motifs is 1. The standard InChI is InChI=1S/C24H24FN3O2/c25-18-10-8-17(9-11-18)22-14-20(19-5-1-2-6-21(19)27-22)24(30)28-13-3-4-16(15-28)7-12-23(26)29/h1-2,5-6,8-11,14,16H,3-4,7,12-13,15H2,(H2,26,29). The molecule has 2 N–H and O–H groups in total. The Kier molecular flexibility index (Phi) is 5.74. The molecule has 5 nitrogen and oxygen atoms in total.